The number of rotatable bonds is 4. The number of hydrogen-bond acceptors (Lipinski definition) is 2. The molecule has 3 heteroatoms. The molecule has 0 aliphatic carbocycles. The first kappa shape index (κ1) is 14.6. The van der Waals surface area contributed by atoms with Crippen molar-refractivity contribution >= 4 is 0 Å². The van der Waals surface area contributed by atoms with E-state index in [0.29, 0.717) is 23.9 Å². The van der Waals surface area contributed by atoms with E-state index in [0.717, 1.165) is 6.61 Å². The summed E-state index contributed by atoms with van der Waals surface area (Å²) >= 11 is 0. The summed E-state index contributed by atoms with van der Waals surface area (Å²) < 4.78 is 8.17. The smallest absolute Gasteiger partial charge is 0.108 e. The lowest BCUT2D eigenvalue weighted by molar-refractivity contribution is 0.000611. The van der Waals surface area contributed by atoms with E-state index in [4.69, 9.17) is 4.74 Å². The summed E-state index contributed by atoms with van der Waals surface area (Å²) in [4.78, 5) is 2.57. The molecule has 0 bridgehead atoms. The van der Waals surface area contributed by atoms with Gasteiger partial charge < -0.3 is 9.30 Å². The van der Waals surface area contributed by atoms with Gasteiger partial charge in [0.1, 0.15) is 6.23 Å². The average Bonchev–Trinajstić information content (AvgIpc) is 2.88. The van der Waals surface area contributed by atoms with Crippen LogP contribution in [-0.4, -0.2) is 28.3 Å². The van der Waals surface area contributed by atoms with Crippen LogP contribution in [0.3, 0.4) is 0 Å². The largest absolute Gasteiger partial charge is 0.362 e. The van der Waals surface area contributed by atoms with Crippen LogP contribution >= 0.6 is 0 Å². The number of aromatic nitrogens is 1. The number of aryl methyl sites for hydroxylation is 1. The van der Waals surface area contributed by atoms with Gasteiger partial charge in [-0.05, 0) is 30.9 Å². The lowest BCUT2D eigenvalue weighted by atomic mass is 9.94. The van der Waals surface area contributed by atoms with Crippen molar-refractivity contribution in [3.63, 3.8) is 0 Å². The normalized spacial score (nSPS) is 26.5. The van der Waals surface area contributed by atoms with E-state index in [2.05, 4.69) is 69.5 Å². The Morgan fingerprint density at radius 2 is 1.95 bits per heavy atom. The molecule has 1 aromatic rings. The molecular formula is C16H28N2O. The van der Waals surface area contributed by atoms with Gasteiger partial charge in [-0.1, -0.05) is 27.7 Å². The van der Waals surface area contributed by atoms with Gasteiger partial charge in [-0.3, -0.25) is 4.90 Å². The maximum absolute atomic E-state index is 5.93. The first-order valence-electron chi connectivity index (χ1n) is 7.43. The van der Waals surface area contributed by atoms with Crippen LogP contribution in [-0.2, 0) is 11.8 Å². The summed E-state index contributed by atoms with van der Waals surface area (Å²) in [6.07, 6.45) is 2.34. The maximum atomic E-state index is 5.93. The van der Waals surface area contributed by atoms with Crippen molar-refractivity contribution in [3.8, 4) is 0 Å². The van der Waals surface area contributed by atoms with Crippen LogP contribution in [0.25, 0.3) is 0 Å². The first-order valence-corrected chi connectivity index (χ1v) is 7.43. The summed E-state index contributed by atoms with van der Waals surface area (Å²) in [7, 11) is 2.14. The minimum atomic E-state index is 0.203. The Bertz CT molecular complexity index is 411. The predicted molar refractivity (Wildman–Crippen MR) is 78.9 cm³/mol. The minimum absolute atomic E-state index is 0.203. The number of hydrogen-bond donors (Lipinski definition) is 0. The highest BCUT2D eigenvalue weighted by molar-refractivity contribution is 5.14. The van der Waals surface area contributed by atoms with Crippen molar-refractivity contribution in [2.45, 2.75) is 52.9 Å². The molecule has 108 valence electrons. The van der Waals surface area contributed by atoms with Gasteiger partial charge in [-0.25, -0.2) is 0 Å². The van der Waals surface area contributed by atoms with Crippen LogP contribution in [0, 0.1) is 11.8 Å². The molecule has 1 fully saturated rings. The van der Waals surface area contributed by atoms with Crippen molar-refractivity contribution < 1.29 is 4.74 Å². The quantitative estimate of drug-likeness (QED) is 0.829. The Hall–Kier alpha value is -0.800. The van der Waals surface area contributed by atoms with Gasteiger partial charge in [0.05, 0.1) is 12.6 Å². The van der Waals surface area contributed by atoms with Crippen LogP contribution in [0.1, 0.15) is 46.4 Å². The molecule has 0 saturated carbocycles. The zero-order valence-electron chi connectivity index (χ0n) is 13.1. The van der Waals surface area contributed by atoms with E-state index >= 15 is 0 Å². The first-order chi connectivity index (χ1) is 8.93. The van der Waals surface area contributed by atoms with Gasteiger partial charge in [0.15, 0.2) is 0 Å². The van der Waals surface area contributed by atoms with Crippen molar-refractivity contribution in [1.82, 2.24) is 9.47 Å². The Labute approximate surface area is 117 Å². The highest BCUT2D eigenvalue weighted by atomic mass is 16.5. The fraction of sp³-hybridized carbons (Fsp3) is 0.750. The number of nitrogens with zero attached hydrogens (tertiary/aromatic N) is 2. The van der Waals surface area contributed by atoms with E-state index < -0.39 is 0 Å². The molecule has 0 amide bonds. The third kappa shape index (κ3) is 2.72. The molecule has 1 saturated heterocycles. The van der Waals surface area contributed by atoms with E-state index in [1.54, 1.807) is 0 Å². The summed E-state index contributed by atoms with van der Waals surface area (Å²) in [5.74, 6) is 1.19. The Morgan fingerprint density at radius 1 is 1.26 bits per heavy atom. The lowest BCUT2D eigenvalue weighted by Crippen LogP contribution is -2.44. The molecule has 1 aliphatic rings. The third-order valence-corrected chi connectivity index (χ3v) is 4.32. The molecule has 3 atom stereocenters. The standard InChI is InChI=1S/C16H28N2O/c1-11(2)15-10-19-13(5)18(15)16(12(3)4)14-8-7-9-17(14)6/h7-9,11-13,15-16H,10H2,1-6H3/t13-,15+,16+/m1/s1. The molecule has 3 nitrogen and oxygen atoms in total. The van der Waals surface area contributed by atoms with Crippen molar-refractivity contribution in [3.05, 3.63) is 24.0 Å². The maximum Gasteiger partial charge on any atom is 0.108 e. The van der Waals surface area contributed by atoms with Crippen LogP contribution in [0.5, 0.6) is 0 Å². The van der Waals surface area contributed by atoms with Gasteiger partial charge in [0.2, 0.25) is 0 Å². The molecule has 0 N–H and O–H groups in total. The van der Waals surface area contributed by atoms with Crippen LogP contribution < -0.4 is 0 Å². The Kier molecular flexibility index (Phi) is 4.36. The summed E-state index contributed by atoms with van der Waals surface area (Å²) in [6.45, 7) is 12.2. The van der Waals surface area contributed by atoms with E-state index in [1.165, 1.54) is 5.69 Å². The zero-order chi connectivity index (χ0) is 14.2. The second-order valence-electron chi connectivity index (χ2n) is 6.42. The zero-order valence-corrected chi connectivity index (χ0v) is 13.1. The molecule has 0 spiro atoms. The fourth-order valence-corrected chi connectivity index (χ4v) is 3.27. The SMILES string of the molecule is CC(C)[C@@H](c1cccn1C)N1[C@@H](C)OC[C@H]1C(C)C. The Balaban J connectivity index is 2.35. The molecule has 2 heterocycles. The van der Waals surface area contributed by atoms with Crippen molar-refractivity contribution in [1.29, 1.82) is 0 Å². The third-order valence-electron chi connectivity index (χ3n) is 4.32. The second-order valence-corrected chi connectivity index (χ2v) is 6.42. The lowest BCUT2D eigenvalue weighted by Gasteiger charge is -2.38. The van der Waals surface area contributed by atoms with Gasteiger partial charge in [0.25, 0.3) is 0 Å². The molecule has 1 aromatic heterocycles. The molecule has 19 heavy (non-hydrogen) atoms. The summed E-state index contributed by atoms with van der Waals surface area (Å²) in [5.41, 5.74) is 1.39. The molecule has 0 radical (unpaired) electrons. The van der Waals surface area contributed by atoms with E-state index in [-0.39, 0.29) is 6.23 Å². The highest BCUT2D eigenvalue weighted by Crippen LogP contribution is 2.37. The minimum Gasteiger partial charge on any atom is -0.362 e. The highest BCUT2D eigenvalue weighted by Gasteiger charge is 2.40. The van der Waals surface area contributed by atoms with Crippen molar-refractivity contribution in [2.24, 2.45) is 18.9 Å². The van der Waals surface area contributed by atoms with Gasteiger partial charge in [0, 0.05) is 25.0 Å². The van der Waals surface area contributed by atoms with Gasteiger partial charge in [-0.2, -0.15) is 0 Å². The van der Waals surface area contributed by atoms with Crippen molar-refractivity contribution in [2.75, 3.05) is 6.61 Å². The number of ether oxygens (including phenoxy) is 1. The van der Waals surface area contributed by atoms with Crippen LogP contribution in [0.4, 0.5) is 0 Å². The van der Waals surface area contributed by atoms with E-state index in [9.17, 15) is 0 Å². The molecule has 0 aromatic carbocycles. The Morgan fingerprint density at radius 3 is 2.42 bits per heavy atom. The topological polar surface area (TPSA) is 17.4 Å². The molecule has 1 aliphatic heterocycles. The van der Waals surface area contributed by atoms with E-state index in [1.807, 2.05) is 0 Å². The summed E-state index contributed by atoms with van der Waals surface area (Å²) in [5, 5.41) is 0. The van der Waals surface area contributed by atoms with Gasteiger partial charge >= 0.3 is 0 Å². The second kappa shape index (κ2) is 5.68. The average molecular weight is 264 g/mol. The molecular weight excluding hydrogens is 236 g/mol. The fourth-order valence-electron chi connectivity index (χ4n) is 3.27. The summed E-state index contributed by atoms with van der Waals surface area (Å²) in [6, 6.07) is 5.31. The molecule has 0 unspecified atom stereocenters. The van der Waals surface area contributed by atoms with Crippen LogP contribution in [0.2, 0.25) is 0 Å². The molecule has 2 rings (SSSR count). The monoisotopic (exact) mass is 264 g/mol. The van der Waals surface area contributed by atoms with Gasteiger partial charge in [-0.15, -0.1) is 0 Å². The predicted octanol–water partition coefficient (Wildman–Crippen LogP) is 3.43. The van der Waals surface area contributed by atoms with Crippen LogP contribution in [0.15, 0.2) is 18.3 Å².